The SMILES string of the molecule is O=C(O)C1(C(=O)Nc2cnns2)CC1. The lowest BCUT2D eigenvalue weighted by Gasteiger charge is -2.07. The number of carboxylic acid groups (broad SMARTS) is 1. The van der Waals surface area contributed by atoms with Crippen LogP contribution in [0, 0.1) is 5.41 Å². The Bertz CT molecular complexity index is 372. The molecule has 1 saturated carbocycles. The third-order valence-corrected chi connectivity index (χ3v) is 2.77. The topological polar surface area (TPSA) is 92.2 Å². The summed E-state index contributed by atoms with van der Waals surface area (Å²) < 4.78 is 3.55. The largest absolute Gasteiger partial charge is 0.480 e. The highest BCUT2D eigenvalue weighted by Gasteiger charge is 2.57. The molecule has 0 aromatic carbocycles. The van der Waals surface area contributed by atoms with E-state index in [2.05, 4.69) is 14.9 Å². The monoisotopic (exact) mass is 213 g/mol. The molecule has 0 bridgehead atoms. The molecule has 6 nitrogen and oxygen atoms in total. The Labute approximate surface area is 83.1 Å². The summed E-state index contributed by atoms with van der Waals surface area (Å²) in [5.41, 5.74) is -1.20. The average molecular weight is 213 g/mol. The van der Waals surface area contributed by atoms with Crippen molar-refractivity contribution < 1.29 is 14.7 Å². The van der Waals surface area contributed by atoms with E-state index in [-0.39, 0.29) is 0 Å². The molecule has 1 aromatic rings. The number of hydrogen-bond donors (Lipinski definition) is 2. The van der Waals surface area contributed by atoms with Gasteiger partial charge >= 0.3 is 5.97 Å². The smallest absolute Gasteiger partial charge is 0.319 e. The molecular weight excluding hydrogens is 206 g/mol. The lowest BCUT2D eigenvalue weighted by atomic mass is 10.1. The molecule has 1 amide bonds. The third kappa shape index (κ3) is 1.35. The predicted molar refractivity (Wildman–Crippen MR) is 47.8 cm³/mol. The van der Waals surface area contributed by atoms with Crippen LogP contribution in [0.5, 0.6) is 0 Å². The van der Waals surface area contributed by atoms with E-state index < -0.39 is 17.3 Å². The molecule has 1 aliphatic carbocycles. The highest BCUT2D eigenvalue weighted by Crippen LogP contribution is 2.46. The molecule has 2 rings (SSSR count). The number of carboxylic acids is 1. The predicted octanol–water partition coefficient (Wildman–Crippen LogP) is 0.341. The van der Waals surface area contributed by atoms with Crippen LogP contribution in [-0.2, 0) is 9.59 Å². The number of aliphatic carboxylic acids is 1. The van der Waals surface area contributed by atoms with E-state index in [4.69, 9.17) is 5.11 Å². The van der Waals surface area contributed by atoms with Crippen molar-refractivity contribution in [3.05, 3.63) is 6.20 Å². The van der Waals surface area contributed by atoms with Crippen LogP contribution < -0.4 is 5.32 Å². The van der Waals surface area contributed by atoms with Gasteiger partial charge in [-0.2, -0.15) is 0 Å². The summed E-state index contributed by atoms with van der Waals surface area (Å²) in [5, 5.41) is 15.3. The van der Waals surface area contributed by atoms with Crippen molar-refractivity contribution in [1.29, 1.82) is 0 Å². The molecule has 0 atom stereocenters. The summed E-state index contributed by atoms with van der Waals surface area (Å²) >= 11 is 1.02. The van der Waals surface area contributed by atoms with E-state index in [1.165, 1.54) is 6.20 Å². The summed E-state index contributed by atoms with van der Waals surface area (Å²) in [6.45, 7) is 0. The van der Waals surface area contributed by atoms with Crippen molar-refractivity contribution in [2.24, 2.45) is 5.41 Å². The molecular formula is C7H7N3O3S. The Morgan fingerprint density at radius 2 is 2.29 bits per heavy atom. The minimum atomic E-state index is -1.20. The fourth-order valence-corrected chi connectivity index (χ4v) is 1.53. The van der Waals surface area contributed by atoms with Gasteiger partial charge in [0.25, 0.3) is 0 Å². The number of amides is 1. The van der Waals surface area contributed by atoms with Crippen molar-refractivity contribution in [3.8, 4) is 0 Å². The molecule has 74 valence electrons. The van der Waals surface area contributed by atoms with Crippen LogP contribution in [0.25, 0.3) is 0 Å². The maximum atomic E-state index is 11.5. The lowest BCUT2D eigenvalue weighted by Crippen LogP contribution is -2.30. The number of nitrogens with one attached hydrogen (secondary N) is 1. The molecule has 0 saturated heterocycles. The van der Waals surface area contributed by atoms with E-state index in [0.29, 0.717) is 17.8 Å². The molecule has 7 heteroatoms. The second kappa shape index (κ2) is 3.02. The number of hydrogen-bond acceptors (Lipinski definition) is 5. The van der Waals surface area contributed by atoms with Crippen LogP contribution in [0.4, 0.5) is 5.00 Å². The molecule has 1 aliphatic rings. The van der Waals surface area contributed by atoms with E-state index in [1.807, 2.05) is 0 Å². The van der Waals surface area contributed by atoms with Gasteiger partial charge in [-0.1, -0.05) is 4.49 Å². The van der Waals surface area contributed by atoms with Crippen LogP contribution in [0.3, 0.4) is 0 Å². The standard InChI is InChI=1S/C7H7N3O3S/c11-5(7(1-2-7)6(12)13)9-4-3-8-10-14-4/h3H,1-2H2,(H,9,11)(H,12,13). The van der Waals surface area contributed by atoms with Gasteiger partial charge in [0.15, 0.2) is 0 Å². The minimum absolute atomic E-state index is 0.403. The first-order valence-corrected chi connectivity index (χ1v) is 4.75. The van der Waals surface area contributed by atoms with E-state index in [9.17, 15) is 9.59 Å². The van der Waals surface area contributed by atoms with Crippen molar-refractivity contribution in [2.45, 2.75) is 12.8 Å². The molecule has 0 unspecified atom stereocenters. The van der Waals surface area contributed by atoms with E-state index >= 15 is 0 Å². The number of carbonyl (C=O) groups is 2. The maximum Gasteiger partial charge on any atom is 0.319 e. The molecule has 1 heterocycles. The van der Waals surface area contributed by atoms with Crippen LogP contribution in [0.2, 0.25) is 0 Å². The van der Waals surface area contributed by atoms with Gasteiger partial charge in [0.05, 0.1) is 6.20 Å². The number of nitrogens with zero attached hydrogens (tertiary/aromatic N) is 2. The summed E-state index contributed by atoms with van der Waals surface area (Å²) in [5.74, 6) is -1.54. The van der Waals surface area contributed by atoms with E-state index in [0.717, 1.165) is 11.5 Å². The van der Waals surface area contributed by atoms with Gasteiger partial charge in [0.1, 0.15) is 10.4 Å². The lowest BCUT2D eigenvalue weighted by molar-refractivity contribution is -0.147. The van der Waals surface area contributed by atoms with Gasteiger partial charge in [0, 0.05) is 11.5 Å². The second-order valence-electron chi connectivity index (χ2n) is 3.12. The molecule has 2 N–H and O–H groups in total. The first-order chi connectivity index (χ1) is 6.65. The summed E-state index contributed by atoms with van der Waals surface area (Å²) in [4.78, 5) is 22.3. The van der Waals surface area contributed by atoms with Crippen molar-refractivity contribution >= 4 is 28.4 Å². The van der Waals surface area contributed by atoms with Gasteiger partial charge in [-0.15, -0.1) is 5.10 Å². The number of anilines is 1. The zero-order chi connectivity index (χ0) is 10.2. The van der Waals surface area contributed by atoms with Crippen molar-refractivity contribution in [3.63, 3.8) is 0 Å². The van der Waals surface area contributed by atoms with Crippen LogP contribution in [-0.4, -0.2) is 26.6 Å². The summed E-state index contributed by atoms with van der Waals surface area (Å²) in [6.07, 6.45) is 2.20. The van der Waals surface area contributed by atoms with Gasteiger partial charge < -0.3 is 10.4 Å². The highest BCUT2D eigenvalue weighted by molar-refractivity contribution is 7.10. The Morgan fingerprint density at radius 1 is 1.57 bits per heavy atom. The third-order valence-electron chi connectivity index (χ3n) is 2.19. The molecule has 0 radical (unpaired) electrons. The number of carbonyl (C=O) groups excluding carboxylic acids is 1. The van der Waals surface area contributed by atoms with Crippen LogP contribution in [0.15, 0.2) is 6.20 Å². The summed E-state index contributed by atoms with van der Waals surface area (Å²) in [6, 6.07) is 0. The van der Waals surface area contributed by atoms with Crippen LogP contribution in [0.1, 0.15) is 12.8 Å². The molecule has 0 spiro atoms. The Hall–Kier alpha value is -1.50. The van der Waals surface area contributed by atoms with Crippen molar-refractivity contribution in [1.82, 2.24) is 9.59 Å². The first-order valence-electron chi connectivity index (χ1n) is 3.97. The van der Waals surface area contributed by atoms with Gasteiger partial charge in [-0.25, -0.2) is 0 Å². The Kier molecular flexibility index (Phi) is 1.95. The first kappa shape index (κ1) is 9.07. The highest BCUT2D eigenvalue weighted by atomic mass is 32.1. The molecule has 1 fully saturated rings. The van der Waals surface area contributed by atoms with Gasteiger partial charge in [-0.05, 0) is 12.8 Å². The Balaban J connectivity index is 2.07. The maximum absolute atomic E-state index is 11.5. The number of rotatable bonds is 3. The fraction of sp³-hybridized carbons (Fsp3) is 0.429. The number of aromatic nitrogens is 2. The van der Waals surface area contributed by atoms with Crippen molar-refractivity contribution in [2.75, 3.05) is 5.32 Å². The molecule has 14 heavy (non-hydrogen) atoms. The normalized spacial score (nSPS) is 17.4. The fourth-order valence-electron chi connectivity index (χ4n) is 1.12. The molecule has 0 aliphatic heterocycles. The second-order valence-corrected chi connectivity index (χ2v) is 3.91. The minimum Gasteiger partial charge on any atom is -0.480 e. The Morgan fingerprint density at radius 3 is 2.71 bits per heavy atom. The zero-order valence-electron chi connectivity index (χ0n) is 7.06. The zero-order valence-corrected chi connectivity index (χ0v) is 7.87. The quantitative estimate of drug-likeness (QED) is 0.706. The van der Waals surface area contributed by atoms with E-state index in [1.54, 1.807) is 0 Å². The van der Waals surface area contributed by atoms with Gasteiger partial charge in [-0.3, -0.25) is 9.59 Å². The average Bonchev–Trinajstić information content (AvgIpc) is 2.81. The summed E-state index contributed by atoms with van der Waals surface area (Å²) in [7, 11) is 0. The molecule has 1 aromatic heterocycles. The van der Waals surface area contributed by atoms with Crippen LogP contribution >= 0.6 is 11.5 Å². The van der Waals surface area contributed by atoms with Gasteiger partial charge in [0.2, 0.25) is 5.91 Å².